The average molecular weight is 300 g/mol. The molecule has 120 valence electrons. The van der Waals surface area contributed by atoms with Gasteiger partial charge in [-0.15, -0.1) is 0 Å². The first-order valence-electron chi connectivity index (χ1n) is 8.58. The van der Waals surface area contributed by atoms with Crippen molar-refractivity contribution < 1.29 is 4.74 Å². The summed E-state index contributed by atoms with van der Waals surface area (Å²) in [7, 11) is 1.75. The van der Waals surface area contributed by atoms with E-state index in [1.54, 1.807) is 7.11 Å². The number of aryl methyl sites for hydroxylation is 1. The van der Waals surface area contributed by atoms with E-state index in [4.69, 9.17) is 4.74 Å². The van der Waals surface area contributed by atoms with Crippen molar-refractivity contribution in [2.75, 3.05) is 13.7 Å². The fourth-order valence-electron chi connectivity index (χ4n) is 3.69. The van der Waals surface area contributed by atoms with Gasteiger partial charge >= 0.3 is 0 Å². The molecule has 1 aliphatic heterocycles. The zero-order valence-electron chi connectivity index (χ0n) is 14.3. The minimum absolute atomic E-state index is 0.436. The van der Waals surface area contributed by atoms with Gasteiger partial charge in [0, 0.05) is 29.2 Å². The van der Waals surface area contributed by atoms with Crippen molar-refractivity contribution in [3.8, 4) is 5.75 Å². The topological polar surface area (TPSA) is 26.2 Å². The van der Waals surface area contributed by atoms with Crippen LogP contribution in [0.4, 0.5) is 0 Å². The molecule has 0 unspecified atom stereocenters. The second-order valence-corrected chi connectivity index (χ2v) is 6.76. The molecule has 0 spiro atoms. The van der Waals surface area contributed by atoms with Crippen molar-refractivity contribution in [1.29, 1.82) is 0 Å². The molecule has 1 aliphatic rings. The molecule has 1 aromatic heterocycles. The molecule has 0 aliphatic carbocycles. The molecule has 2 aromatic rings. The quantitative estimate of drug-likeness (QED) is 0.861. The second-order valence-electron chi connectivity index (χ2n) is 6.76. The van der Waals surface area contributed by atoms with Crippen LogP contribution in [0.1, 0.15) is 50.9 Å². The third-order valence-electron chi connectivity index (χ3n) is 4.75. The summed E-state index contributed by atoms with van der Waals surface area (Å²) in [6.45, 7) is 9.03. The molecule has 3 heteroatoms. The van der Waals surface area contributed by atoms with E-state index in [-0.39, 0.29) is 0 Å². The lowest BCUT2D eigenvalue weighted by Crippen LogP contribution is -2.25. The fourth-order valence-corrected chi connectivity index (χ4v) is 3.69. The van der Waals surface area contributed by atoms with Crippen LogP contribution in [0.15, 0.2) is 18.2 Å². The highest BCUT2D eigenvalue weighted by atomic mass is 16.5. The molecule has 0 fully saturated rings. The maximum absolute atomic E-state index is 5.46. The van der Waals surface area contributed by atoms with Crippen LogP contribution < -0.4 is 10.1 Å². The molecule has 0 radical (unpaired) electrons. The van der Waals surface area contributed by atoms with Crippen LogP contribution in [0.5, 0.6) is 5.75 Å². The van der Waals surface area contributed by atoms with E-state index >= 15 is 0 Å². The van der Waals surface area contributed by atoms with Gasteiger partial charge in [0.1, 0.15) is 5.75 Å². The molecule has 22 heavy (non-hydrogen) atoms. The fraction of sp³-hybridized carbons (Fsp3) is 0.579. The van der Waals surface area contributed by atoms with Crippen LogP contribution in [-0.4, -0.2) is 18.2 Å². The third-order valence-corrected chi connectivity index (χ3v) is 4.75. The number of nitrogens with zero attached hydrogens (tertiary/aromatic N) is 1. The van der Waals surface area contributed by atoms with E-state index in [2.05, 4.69) is 48.9 Å². The first-order chi connectivity index (χ1) is 10.7. The van der Waals surface area contributed by atoms with Crippen LogP contribution in [0, 0.1) is 5.92 Å². The Bertz CT molecular complexity index is 657. The second kappa shape index (κ2) is 6.33. The molecular formula is C19H28N2O. The minimum atomic E-state index is 0.436. The van der Waals surface area contributed by atoms with Crippen molar-refractivity contribution in [3.63, 3.8) is 0 Å². The lowest BCUT2D eigenvalue weighted by molar-refractivity contribution is 0.415. The van der Waals surface area contributed by atoms with Crippen LogP contribution >= 0.6 is 0 Å². The summed E-state index contributed by atoms with van der Waals surface area (Å²) >= 11 is 0. The zero-order valence-corrected chi connectivity index (χ0v) is 14.3. The van der Waals surface area contributed by atoms with Gasteiger partial charge in [0.15, 0.2) is 0 Å². The first kappa shape index (κ1) is 15.4. The van der Waals surface area contributed by atoms with E-state index in [0.717, 1.165) is 25.3 Å². The number of rotatable bonds is 6. The lowest BCUT2D eigenvalue weighted by Gasteiger charge is -2.20. The summed E-state index contributed by atoms with van der Waals surface area (Å²) in [4.78, 5) is 0. The monoisotopic (exact) mass is 300 g/mol. The van der Waals surface area contributed by atoms with E-state index < -0.39 is 0 Å². The molecule has 3 nitrogen and oxygen atoms in total. The van der Waals surface area contributed by atoms with Gasteiger partial charge in [-0.25, -0.2) is 0 Å². The van der Waals surface area contributed by atoms with E-state index in [1.165, 1.54) is 35.0 Å². The van der Waals surface area contributed by atoms with Crippen LogP contribution in [0.3, 0.4) is 0 Å². The molecular weight excluding hydrogens is 272 g/mol. The third kappa shape index (κ3) is 2.63. The van der Waals surface area contributed by atoms with Crippen molar-refractivity contribution in [2.24, 2.45) is 5.92 Å². The molecule has 2 heterocycles. The van der Waals surface area contributed by atoms with E-state index in [9.17, 15) is 0 Å². The van der Waals surface area contributed by atoms with Crippen molar-refractivity contribution in [3.05, 3.63) is 29.5 Å². The van der Waals surface area contributed by atoms with Gasteiger partial charge in [0.2, 0.25) is 0 Å². The smallest absolute Gasteiger partial charge is 0.119 e. The summed E-state index contributed by atoms with van der Waals surface area (Å²) in [6, 6.07) is 6.96. The number of fused-ring (bicyclic) bond motifs is 3. The van der Waals surface area contributed by atoms with Gasteiger partial charge in [0.05, 0.1) is 7.11 Å². The molecule has 0 saturated heterocycles. The summed E-state index contributed by atoms with van der Waals surface area (Å²) < 4.78 is 7.98. The average Bonchev–Trinajstić information content (AvgIpc) is 3.09. The molecule has 1 N–H and O–H groups in total. The number of ether oxygens (including phenoxy) is 1. The summed E-state index contributed by atoms with van der Waals surface area (Å²) in [5, 5.41) is 5.15. The Morgan fingerprint density at radius 3 is 2.82 bits per heavy atom. The Morgan fingerprint density at radius 1 is 1.32 bits per heavy atom. The molecule has 1 aromatic carbocycles. The number of hydrogen-bond donors (Lipinski definition) is 1. The van der Waals surface area contributed by atoms with Crippen molar-refractivity contribution in [2.45, 2.75) is 52.6 Å². The Hall–Kier alpha value is -1.48. The zero-order chi connectivity index (χ0) is 15.7. The lowest BCUT2D eigenvalue weighted by atomic mass is 9.98. The summed E-state index contributed by atoms with van der Waals surface area (Å²) in [5.74, 6) is 1.63. The summed E-state index contributed by atoms with van der Waals surface area (Å²) in [5.41, 5.74) is 4.41. The highest BCUT2D eigenvalue weighted by molar-refractivity contribution is 5.88. The Morgan fingerprint density at radius 2 is 2.14 bits per heavy atom. The Balaban J connectivity index is 2.09. The number of hydrogen-bond acceptors (Lipinski definition) is 2. The Kier molecular flexibility index (Phi) is 4.44. The summed E-state index contributed by atoms with van der Waals surface area (Å²) in [6.07, 6.45) is 3.59. The van der Waals surface area contributed by atoms with Gasteiger partial charge < -0.3 is 14.6 Å². The molecule has 3 rings (SSSR count). The molecule has 0 amide bonds. The molecule has 0 bridgehead atoms. The number of methoxy groups -OCH3 is 1. The highest BCUT2D eigenvalue weighted by Crippen LogP contribution is 2.38. The normalized spacial score (nSPS) is 15.5. The molecule has 0 saturated carbocycles. The number of benzene rings is 1. The van der Waals surface area contributed by atoms with E-state index in [1.807, 2.05) is 0 Å². The largest absolute Gasteiger partial charge is 0.497 e. The van der Waals surface area contributed by atoms with Crippen molar-refractivity contribution in [1.82, 2.24) is 9.88 Å². The van der Waals surface area contributed by atoms with E-state index in [0.29, 0.717) is 12.0 Å². The maximum atomic E-state index is 5.46. The van der Waals surface area contributed by atoms with Gasteiger partial charge in [-0.1, -0.05) is 20.8 Å². The first-order valence-corrected chi connectivity index (χ1v) is 8.58. The van der Waals surface area contributed by atoms with Gasteiger partial charge in [-0.05, 0) is 55.5 Å². The van der Waals surface area contributed by atoms with Gasteiger partial charge in [-0.2, -0.15) is 0 Å². The van der Waals surface area contributed by atoms with Gasteiger partial charge in [0.25, 0.3) is 0 Å². The number of nitrogens with one attached hydrogen (secondary N) is 1. The van der Waals surface area contributed by atoms with Crippen LogP contribution in [-0.2, 0) is 13.0 Å². The SMILES string of the molecule is CC[C@H](NCC(C)C)c1c2n(c3ccc(OC)cc13)CCC2. The Labute approximate surface area is 133 Å². The number of aromatic nitrogens is 1. The minimum Gasteiger partial charge on any atom is -0.497 e. The highest BCUT2D eigenvalue weighted by Gasteiger charge is 2.25. The predicted octanol–water partition coefficient (Wildman–Crippen LogP) is 4.29. The molecule has 1 atom stereocenters. The van der Waals surface area contributed by atoms with Crippen LogP contribution in [0.2, 0.25) is 0 Å². The van der Waals surface area contributed by atoms with Gasteiger partial charge in [-0.3, -0.25) is 0 Å². The maximum Gasteiger partial charge on any atom is 0.119 e. The van der Waals surface area contributed by atoms with Crippen LogP contribution in [0.25, 0.3) is 10.9 Å². The standard InChI is InChI=1S/C19H28N2O/c1-5-16(20-12-13(2)3)19-15-11-14(22-4)8-9-17(15)21-10-6-7-18(19)21/h8-9,11,13,16,20H,5-7,10,12H2,1-4H3/t16-/m0/s1. The van der Waals surface area contributed by atoms with Crippen molar-refractivity contribution >= 4 is 10.9 Å². The predicted molar refractivity (Wildman–Crippen MR) is 92.7 cm³/mol.